The van der Waals surface area contributed by atoms with E-state index in [9.17, 15) is 0 Å². The van der Waals surface area contributed by atoms with Crippen molar-refractivity contribution in [3.05, 3.63) is 23.8 Å². The highest BCUT2D eigenvalue weighted by molar-refractivity contribution is 5.81. The maximum absolute atomic E-state index is 5.98. The van der Waals surface area contributed by atoms with Gasteiger partial charge in [-0.25, -0.2) is 0 Å². The van der Waals surface area contributed by atoms with Gasteiger partial charge in [0.2, 0.25) is 6.79 Å². The first kappa shape index (κ1) is 19.2. The van der Waals surface area contributed by atoms with E-state index in [4.69, 9.17) is 19.2 Å². The summed E-state index contributed by atoms with van der Waals surface area (Å²) in [5.41, 5.74) is 1.41. The Kier molecular flexibility index (Phi) is 5.91. The van der Waals surface area contributed by atoms with Crippen LogP contribution in [0, 0.1) is 11.3 Å². The predicted molar refractivity (Wildman–Crippen MR) is 105 cm³/mol. The van der Waals surface area contributed by atoms with Crippen molar-refractivity contribution in [1.29, 1.82) is 0 Å². The lowest BCUT2D eigenvalue weighted by Crippen LogP contribution is -2.41. The first-order valence-electron chi connectivity index (χ1n) is 9.91. The normalized spacial score (nSPS) is 24.5. The van der Waals surface area contributed by atoms with E-state index in [2.05, 4.69) is 27.7 Å². The molecule has 26 heavy (non-hydrogen) atoms. The summed E-state index contributed by atoms with van der Waals surface area (Å²) in [6.45, 7) is 11.1. The van der Waals surface area contributed by atoms with Gasteiger partial charge in [-0.05, 0) is 74.6 Å². The lowest BCUT2D eigenvalue weighted by molar-refractivity contribution is -0.110. The Morgan fingerprint density at radius 1 is 1.15 bits per heavy atom. The molecule has 0 amide bonds. The summed E-state index contributed by atoms with van der Waals surface area (Å²) in [7, 11) is 0. The molecule has 2 aliphatic rings. The summed E-state index contributed by atoms with van der Waals surface area (Å²) in [6.07, 6.45) is 7.93. The Morgan fingerprint density at radius 3 is 2.73 bits per heavy atom. The highest BCUT2D eigenvalue weighted by Gasteiger charge is 2.40. The molecule has 0 bridgehead atoms. The second-order valence-electron chi connectivity index (χ2n) is 8.87. The molecule has 0 aromatic heterocycles. The molecule has 2 heterocycles. The molecule has 1 atom stereocenters. The van der Waals surface area contributed by atoms with E-state index in [1.165, 1.54) is 12.8 Å². The topological polar surface area (TPSA) is 40.0 Å². The lowest BCUT2D eigenvalue weighted by atomic mass is 9.68. The molecular weight excluding hydrogens is 326 g/mol. The minimum atomic E-state index is -0.0176. The molecule has 144 valence electrons. The van der Waals surface area contributed by atoms with Crippen LogP contribution in [0.1, 0.15) is 65.4 Å². The van der Waals surface area contributed by atoms with Crippen LogP contribution in [0.3, 0.4) is 0 Å². The van der Waals surface area contributed by atoms with Crippen LogP contribution < -0.4 is 9.47 Å². The van der Waals surface area contributed by atoms with Gasteiger partial charge in [-0.2, -0.15) is 0 Å². The van der Waals surface area contributed by atoms with Gasteiger partial charge in [-0.1, -0.05) is 20.3 Å². The van der Waals surface area contributed by atoms with E-state index in [0.29, 0.717) is 12.2 Å². The second kappa shape index (κ2) is 7.99. The Labute approximate surface area is 157 Å². The zero-order valence-electron chi connectivity index (χ0n) is 16.7. The van der Waals surface area contributed by atoms with Crippen molar-refractivity contribution in [1.82, 2.24) is 0 Å². The monoisotopic (exact) mass is 359 g/mol. The number of hydrogen-bond acceptors (Lipinski definition) is 4. The standard InChI is InChI=1S/C22H33NO3/c1-17(2)7-8-22(10-12-26-21(3,4)15-22)9-11-23-14-18-5-6-19-20(13-18)25-16-24-19/h5-6,13-14,17H,7-12,15-16H2,1-4H3/t22-/m0/s1. The number of ether oxygens (including phenoxy) is 3. The van der Waals surface area contributed by atoms with Crippen molar-refractivity contribution in [3.63, 3.8) is 0 Å². The number of nitrogens with zero attached hydrogens (tertiary/aromatic N) is 1. The van der Waals surface area contributed by atoms with Crippen LogP contribution >= 0.6 is 0 Å². The van der Waals surface area contributed by atoms with Crippen molar-refractivity contribution < 1.29 is 14.2 Å². The van der Waals surface area contributed by atoms with Gasteiger partial charge in [0.25, 0.3) is 0 Å². The number of hydrogen-bond donors (Lipinski definition) is 0. The molecule has 2 aliphatic heterocycles. The SMILES string of the molecule is CC(C)CC[C@]1(CCN=Cc2ccc3c(c2)OCO3)CCOC(C)(C)C1. The Morgan fingerprint density at radius 2 is 1.96 bits per heavy atom. The molecular formula is C22H33NO3. The van der Waals surface area contributed by atoms with Crippen LogP contribution in [0.15, 0.2) is 23.2 Å². The fourth-order valence-electron chi connectivity index (χ4n) is 4.20. The number of rotatable bonds is 7. The molecule has 0 radical (unpaired) electrons. The first-order valence-corrected chi connectivity index (χ1v) is 9.91. The fraction of sp³-hybridized carbons (Fsp3) is 0.682. The summed E-state index contributed by atoms with van der Waals surface area (Å²) in [6, 6.07) is 5.98. The third-order valence-electron chi connectivity index (χ3n) is 5.59. The summed E-state index contributed by atoms with van der Waals surface area (Å²) in [5.74, 6) is 2.38. The number of aliphatic imine (C=N–C) groups is 1. The Balaban J connectivity index is 1.60. The smallest absolute Gasteiger partial charge is 0.231 e. The van der Waals surface area contributed by atoms with E-state index < -0.39 is 0 Å². The Bertz CT molecular complexity index is 638. The average Bonchev–Trinajstić information content (AvgIpc) is 3.04. The zero-order valence-corrected chi connectivity index (χ0v) is 16.7. The molecule has 0 unspecified atom stereocenters. The minimum absolute atomic E-state index is 0.0176. The molecule has 0 aliphatic carbocycles. The predicted octanol–water partition coefficient (Wildman–Crippen LogP) is 5.24. The van der Waals surface area contributed by atoms with E-state index in [0.717, 1.165) is 55.4 Å². The van der Waals surface area contributed by atoms with Gasteiger partial charge < -0.3 is 14.2 Å². The molecule has 1 aromatic carbocycles. The van der Waals surface area contributed by atoms with E-state index in [1.54, 1.807) is 0 Å². The lowest BCUT2D eigenvalue weighted by Gasteiger charge is -2.45. The summed E-state index contributed by atoms with van der Waals surface area (Å²) in [4.78, 5) is 4.72. The highest BCUT2D eigenvalue weighted by Crippen LogP contribution is 2.45. The molecule has 1 fully saturated rings. The molecule has 1 aromatic rings. The maximum atomic E-state index is 5.98. The molecule has 0 saturated carbocycles. The summed E-state index contributed by atoms with van der Waals surface area (Å²) >= 11 is 0. The molecule has 0 N–H and O–H groups in total. The van der Waals surface area contributed by atoms with Crippen molar-refractivity contribution >= 4 is 6.21 Å². The molecule has 3 rings (SSSR count). The third kappa shape index (κ3) is 5.00. The molecule has 4 heteroatoms. The molecule has 0 spiro atoms. The van der Waals surface area contributed by atoms with E-state index in [-0.39, 0.29) is 5.60 Å². The maximum Gasteiger partial charge on any atom is 0.231 e. The van der Waals surface area contributed by atoms with Gasteiger partial charge >= 0.3 is 0 Å². The van der Waals surface area contributed by atoms with Crippen LogP contribution in [0.25, 0.3) is 0 Å². The number of benzene rings is 1. The highest BCUT2D eigenvalue weighted by atomic mass is 16.7. The van der Waals surface area contributed by atoms with Crippen LogP contribution in [0.4, 0.5) is 0 Å². The van der Waals surface area contributed by atoms with Gasteiger partial charge in [0.05, 0.1) is 5.60 Å². The number of fused-ring (bicyclic) bond motifs is 1. The Hall–Kier alpha value is -1.55. The van der Waals surface area contributed by atoms with E-state index >= 15 is 0 Å². The van der Waals surface area contributed by atoms with Crippen LogP contribution in [0.2, 0.25) is 0 Å². The summed E-state index contributed by atoms with van der Waals surface area (Å²) in [5, 5.41) is 0. The van der Waals surface area contributed by atoms with Crippen molar-refractivity contribution in [3.8, 4) is 11.5 Å². The van der Waals surface area contributed by atoms with Crippen LogP contribution in [-0.4, -0.2) is 31.8 Å². The first-order chi connectivity index (χ1) is 12.4. The van der Waals surface area contributed by atoms with Gasteiger partial charge in [0.15, 0.2) is 11.5 Å². The van der Waals surface area contributed by atoms with Gasteiger partial charge in [0, 0.05) is 19.4 Å². The minimum Gasteiger partial charge on any atom is -0.454 e. The van der Waals surface area contributed by atoms with Crippen molar-refractivity contribution in [2.24, 2.45) is 16.3 Å². The summed E-state index contributed by atoms with van der Waals surface area (Å²) < 4.78 is 16.8. The zero-order chi connectivity index (χ0) is 18.6. The van der Waals surface area contributed by atoms with Gasteiger partial charge in [0.1, 0.15) is 0 Å². The molecule has 1 saturated heterocycles. The molecule has 4 nitrogen and oxygen atoms in total. The van der Waals surface area contributed by atoms with Crippen LogP contribution in [0.5, 0.6) is 11.5 Å². The van der Waals surface area contributed by atoms with Gasteiger partial charge in [-0.15, -0.1) is 0 Å². The quantitative estimate of drug-likeness (QED) is 0.625. The average molecular weight is 360 g/mol. The van der Waals surface area contributed by atoms with Crippen LogP contribution in [-0.2, 0) is 4.74 Å². The van der Waals surface area contributed by atoms with Crippen molar-refractivity contribution in [2.45, 2.75) is 65.4 Å². The second-order valence-corrected chi connectivity index (χ2v) is 8.87. The van der Waals surface area contributed by atoms with E-state index in [1.807, 2.05) is 24.4 Å². The van der Waals surface area contributed by atoms with Crippen molar-refractivity contribution in [2.75, 3.05) is 19.9 Å². The van der Waals surface area contributed by atoms with Gasteiger partial charge in [-0.3, -0.25) is 4.99 Å². The fourth-order valence-corrected chi connectivity index (χ4v) is 4.20. The largest absolute Gasteiger partial charge is 0.454 e. The third-order valence-corrected chi connectivity index (χ3v) is 5.59.